The van der Waals surface area contributed by atoms with Crippen LogP contribution in [0.5, 0.6) is 0 Å². The van der Waals surface area contributed by atoms with E-state index in [0.29, 0.717) is 16.5 Å². The fraction of sp³-hybridized carbons (Fsp3) is 0.0952. The molecule has 0 spiro atoms. The molecule has 0 bridgehead atoms. The van der Waals surface area contributed by atoms with Gasteiger partial charge in [0.25, 0.3) is 5.69 Å². The number of H-pyrrole nitrogens is 1. The molecule has 0 unspecified atom stereocenters. The van der Waals surface area contributed by atoms with Gasteiger partial charge in [0, 0.05) is 22.4 Å². The summed E-state index contributed by atoms with van der Waals surface area (Å²) in [7, 11) is 1.27. The maximum absolute atomic E-state index is 12.7. The van der Waals surface area contributed by atoms with Crippen LogP contribution in [0.4, 0.5) is 5.69 Å². The predicted octanol–water partition coefficient (Wildman–Crippen LogP) is 4.99. The second-order valence-electron chi connectivity index (χ2n) is 6.35. The number of ether oxygens (including phenoxy) is 1. The number of carbonyl (C=O) groups excluding carboxylic acids is 1. The third-order valence-electron chi connectivity index (χ3n) is 4.71. The normalized spacial score (nSPS) is 11.0. The molecule has 4 aromatic rings. The number of nitro benzene ring substituents is 1. The van der Waals surface area contributed by atoms with Gasteiger partial charge in [0.05, 0.1) is 28.7 Å². The van der Waals surface area contributed by atoms with Gasteiger partial charge in [-0.3, -0.25) is 10.1 Å². The maximum atomic E-state index is 12.7. The Bertz CT molecular complexity index is 1210. The van der Waals surface area contributed by atoms with Crippen LogP contribution in [0.1, 0.15) is 15.9 Å². The Kier molecular flexibility index (Phi) is 3.88. The van der Waals surface area contributed by atoms with Crippen LogP contribution >= 0.6 is 0 Å². The Morgan fingerprint density at radius 3 is 2.44 bits per heavy atom. The lowest BCUT2D eigenvalue weighted by atomic mass is 9.94. The van der Waals surface area contributed by atoms with Crippen LogP contribution in [0.15, 0.2) is 54.6 Å². The average molecular weight is 360 g/mol. The summed E-state index contributed by atoms with van der Waals surface area (Å²) in [5.74, 6) is -0.620. The van der Waals surface area contributed by atoms with E-state index < -0.39 is 10.9 Å². The van der Waals surface area contributed by atoms with Gasteiger partial charge in [0.1, 0.15) is 0 Å². The topological polar surface area (TPSA) is 85.2 Å². The minimum absolute atomic E-state index is 0.128. The van der Waals surface area contributed by atoms with E-state index in [9.17, 15) is 14.9 Å². The molecule has 1 N–H and O–H groups in total. The second-order valence-corrected chi connectivity index (χ2v) is 6.35. The van der Waals surface area contributed by atoms with Crippen molar-refractivity contribution in [1.29, 1.82) is 0 Å². The fourth-order valence-electron chi connectivity index (χ4n) is 3.44. The number of nitrogens with zero attached hydrogens (tertiary/aromatic N) is 1. The predicted molar refractivity (Wildman–Crippen MR) is 104 cm³/mol. The molecule has 0 amide bonds. The minimum atomic E-state index is -0.620. The zero-order valence-corrected chi connectivity index (χ0v) is 14.8. The number of fused-ring (bicyclic) bond motifs is 3. The average Bonchev–Trinajstić information content (AvgIpc) is 3.05. The molecule has 0 aliphatic rings. The van der Waals surface area contributed by atoms with Crippen molar-refractivity contribution in [1.82, 2.24) is 4.98 Å². The first-order chi connectivity index (χ1) is 13.0. The number of hydrogen-bond acceptors (Lipinski definition) is 4. The Morgan fingerprint density at radius 1 is 1.07 bits per heavy atom. The van der Waals surface area contributed by atoms with Crippen LogP contribution < -0.4 is 0 Å². The third kappa shape index (κ3) is 2.62. The van der Waals surface area contributed by atoms with E-state index >= 15 is 0 Å². The number of nitro groups is 1. The van der Waals surface area contributed by atoms with E-state index in [1.165, 1.54) is 13.2 Å². The van der Waals surface area contributed by atoms with Gasteiger partial charge in [-0.25, -0.2) is 4.79 Å². The molecule has 0 saturated heterocycles. The molecule has 134 valence electrons. The largest absolute Gasteiger partial charge is 0.465 e. The fourth-order valence-corrected chi connectivity index (χ4v) is 3.44. The Morgan fingerprint density at radius 2 is 1.78 bits per heavy atom. The number of aromatic amines is 1. The molecule has 0 saturated carbocycles. The SMILES string of the molecule is COC(=O)c1c(-c2ccc(C)cc2)c([N+](=O)[O-])cc2c1[nH]c1ccccc12. The zero-order chi connectivity index (χ0) is 19.1. The van der Waals surface area contributed by atoms with Crippen LogP contribution in [-0.4, -0.2) is 23.0 Å². The maximum Gasteiger partial charge on any atom is 0.340 e. The van der Waals surface area contributed by atoms with Crippen LogP contribution in [0.3, 0.4) is 0 Å². The summed E-state index contributed by atoms with van der Waals surface area (Å²) >= 11 is 0. The van der Waals surface area contributed by atoms with Crippen molar-refractivity contribution in [3.05, 3.63) is 75.8 Å². The molecule has 0 atom stereocenters. The van der Waals surface area contributed by atoms with Gasteiger partial charge in [-0.2, -0.15) is 0 Å². The first-order valence-corrected chi connectivity index (χ1v) is 8.38. The summed E-state index contributed by atoms with van der Waals surface area (Å²) in [5.41, 5.74) is 3.24. The third-order valence-corrected chi connectivity index (χ3v) is 4.71. The van der Waals surface area contributed by atoms with Crippen LogP contribution in [0.2, 0.25) is 0 Å². The Balaban J connectivity index is 2.21. The van der Waals surface area contributed by atoms with Crippen molar-refractivity contribution in [2.24, 2.45) is 0 Å². The number of para-hydroxylation sites is 1. The van der Waals surface area contributed by atoms with Crippen LogP contribution in [0, 0.1) is 17.0 Å². The highest BCUT2D eigenvalue weighted by Gasteiger charge is 2.28. The highest BCUT2D eigenvalue weighted by molar-refractivity contribution is 6.18. The van der Waals surface area contributed by atoms with Gasteiger partial charge in [0.2, 0.25) is 0 Å². The van der Waals surface area contributed by atoms with Crippen LogP contribution in [0.25, 0.3) is 32.9 Å². The first-order valence-electron chi connectivity index (χ1n) is 8.38. The molecular weight excluding hydrogens is 344 g/mol. The van der Waals surface area contributed by atoms with Crippen molar-refractivity contribution in [2.45, 2.75) is 6.92 Å². The molecule has 4 rings (SSSR count). The molecule has 0 fully saturated rings. The van der Waals surface area contributed by atoms with Crippen molar-refractivity contribution in [3.8, 4) is 11.1 Å². The molecule has 27 heavy (non-hydrogen) atoms. The summed E-state index contributed by atoms with van der Waals surface area (Å²) in [4.78, 5) is 27.3. The second kappa shape index (κ2) is 6.25. The number of nitrogens with one attached hydrogen (secondary N) is 1. The number of benzene rings is 3. The quantitative estimate of drug-likeness (QED) is 0.317. The number of carbonyl (C=O) groups is 1. The molecule has 3 aromatic carbocycles. The highest BCUT2D eigenvalue weighted by Crippen LogP contribution is 2.41. The number of rotatable bonds is 3. The molecule has 0 aliphatic heterocycles. The highest BCUT2D eigenvalue weighted by atomic mass is 16.6. The summed E-state index contributed by atoms with van der Waals surface area (Å²) in [6, 6.07) is 16.2. The van der Waals surface area contributed by atoms with Crippen molar-refractivity contribution in [2.75, 3.05) is 7.11 Å². The van der Waals surface area contributed by atoms with Gasteiger partial charge in [-0.05, 0) is 18.6 Å². The first kappa shape index (κ1) is 16.8. The number of hydrogen-bond donors (Lipinski definition) is 1. The minimum Gasteiger partial charge on any atom is -0.465 e. The van der Waals surface area contributed by atoms with Gasteiger partial charge < -0.3 is 9.72 Å². The van der Waals surface area contributed by atoms with E-state index in [1.54, 1.807) is 12.1 Å². The zero-order valence-electron chi connectivity index (χ0n) is 14.8. The van der Waals surface area contributed by atoms with Crippen molar-refractivity contribution >= 4 is 33.5 Å². The molecule has 0 aliphatic carbocycles. The lowest BCUT2D eigenvalue weighted by Crippen LogP contribution is -2.07. The van der Waals surface area contributed by atoms with E-state index in [-0.39, 0.29) is 16.8 Å². The summed E-state index contributed by atoms with van der Waals surface area (Å²) in [6.45, 7) is 1.93. The van der Waals surface area contributed by atoms with E-state index in [0.717, 1.165) is 16.5 Å². The molecule has 1 heterocycles. The summed E-state index contributed by atoms with van der Waals surface area (Å²) < 4.78 is 4.98. The standard InChI is InChI=1S/C21H16N2O4/c1-12-7-9-13(10-8-12)18-17(23(25)26)11-15-14-5-3-4-6-16(14)22-20(15)19(18)21(24)27-2/h3-11,22H,1-2H3. The monoisotopic (exact) mass is 360 g/mol. The summed E-state index contributed by atoms with van der Waals surface area (Å²) in [5, 5.41) is 13.3. The molecule has 6 heteroatoms. The Labute approximate surface area is 154 Å². The van der Waals surface area contributed by atoms with E-state index in [1.807, 2.05) is 43.3 Å². The van der Waals surface area contributed by atoms with Crippen molar-refractivity contribution in [3.63, 3.8) is 0 Å². The summed E-state index contributed by atoms with van der Waals surface area (Å²) in [6.07, 6.45) is 0. The molecule has 1 aromatic heterocycles. The number of aromatic nitrogens is 1. The van der Waals surface area contributed by atoms with Crippen molar-refractivity contribution < 1.29 is 14.5 Å². The smallest absolute Gasteiger partial charge is 0.340 e. The molecule has 0 radical (unpaired) electrons. The van der Waals surface area contributed by atoms with Crippen LogP contribution in [-0.2, 0) is 4.74 Å². The number of aryl methyl sites for hydroxylation is 1. The number of esters is 1. The van der Waals surface area contributed by atoms with Gasteiger partial charge in [-0.1, -0.05) is 48.0 Å². The van der Waals surface area contributed by atoms with Gasteiger partial charge in [0.15, 0.2) is 0 Å². The van der Waals surface area contributed by atoms with Gasteiger partial charge in [-0.15, -0.1) is 0 Å². The van der Waals surface area contributed by atoms with E-state index in [4.69, 9.17) is 4.74 Å². The molecular formula is C21H16N2O4. The number of methoxy groups -OCH3 is 1. The van der Waals surface area contributed by atoms with Gasteiger partial charge >= 0.3 is 5.97 Å². The lowest BCUT2D eigenvalue weighted by Gasteiger charge is -2.11. The molecule has 6 nitrogen and oxygen atoms in total. The lowest BCUT2D eigenvalue weighted by molar-refractivity contribution is -0.384. The Hall–Kier alpha value is -3.67. The van der Waals surface area contributed by atoms with E-state index in [2.05, 4.69) is 4.98 Å².